The van der Waals surface area contributed by atoms with Crippen molar-refractivity contribution in [2.24, 2.45) is 0 Å². The fraction of sp³-hybridized carbons (Fsp3) is 0.120. The number of aryl methyl sites for hydroxylation is 1. The average molecular weight is 502 g/mol. The van der Waals surface area contributed by atoms with Crippen molar-refractivity contribution in [3.05, 3.63) is 91.9 Å². The molecule has 0 heterocycles. The van der Waals surface area contributed by atoms with E-state index in [9.17, 15) is 10.1 Å². The SMILES string of the molecule is COc1cc(/C=C(\C#N)C(=O)Nc2ccc(Cl)c(Cl)c2)cc(Cl)c1OCc1ccccc1C. The van der Waals surface area contributed by atoms with E-state index >= 15 is 0 Å². The molecule has 0 aliphatic heterocycles. The molecule has 0 aliphatic carbocycles. The number of rotatable bonds is 7. The van der Waals surface area contributed by atoms with Crippen molar-refractivity contribution in [2.75, 3.05) is 12.4 Å². The number of carbonyl (C=O) groups is 1. The van der Waals surface area contributed by atoms with Gasteiger partial charge >= 0.3 is 0 Å². The first-order chi connectivity index (χ1) is 15.8. The van der Waals surface area contributed by atoms with Crippen LogP contribution in [0.1, 0.15) is 16.7 Å². The van der Waals surface area contributed by atoms with Crippen molar-refractivity contribution in [3.8, 4) is 17.6 Å². The number of nitrogens with zero attached hydrogens (tertiary/aromatic N) is 1. The number of anilines is 1. The summed E-state index contributed by atoms with van der Waals surface area (Å²) in [7, 11) is 1.49. The Morgan fingerprint density at radius 3 is 2.48 bits per heavy atom. The number of benzene rings is 3. The smallest absolute Gasteiger partial charge is 0.266 e. The zero-order chi connectivity index (χ0) is 24.0. The predicted molar refractivity (Wildman–Crippen MR) is 132 cm³/mol. The first-order valence-electron chi connectivity index (χ1n) is 9.75. The van der Waals surface area contributed by atoms with Crippen LogP contribution >= 0.6 is 34.8 Å². The van der Waals surface area contributed by atoms with Crippen molar-refractivity contribution in [2.45, 2.75) is 13.5 Å². The van der Waals surface area contributed by atoms with Gasteiger partial charge in [0.2, 0.25) is 0 Å². The highest BCUT2D eigenvalue weighted by molar-refractivity contribution is 6.42. The van der Waals surface area contributed by atoms with Crippen LogP contribution in [0.25, 0.3) is 6.08 Å². The molecule has 5 nitrogen and oxygen atoms in total. The van der Waals surface area contributed by atoms with Gasteiger partial charge in [-0.05, 0) is 60.0 Å². The van der Waals surface area contributed by atoms with E-state index in [1.807, 2.05) is 37.3 Å². The number of hydrogen-bond donors (Lipinski definition) is 1. The highest BCUT2D eigenvalue weighted by Gasteiger charge is 2.15. The number of methoxy groups -OCH3 is 1. The van der Waals surface area contributed by atoms with E-state index in [4.69, 9.17) is 44.3 Å². The Labute approximate surface area is 207 Å². The summed E-state index contributed by atoms with van der Waals surface area (Å²) in [5.41, 5.74) is 2.89. The maximum atomic E-state index is 12.6. The van der Waals surface area contributed by atoms with Crippen LogP contribution in [0, 0.1) is 18.3 Å². The number of hydrogen-bond acceptors (Lipinski definition) is 4. The lowest BCUT2D eigenvalue weighted by atomic mass is 10.1. The monoisotopic (exact) mass is 500 g/mol. The topological polar surface area (TPSA) is 71.3 Å². The number of nitriles is 1. The molecule has 1 amide bonds. The van der Waals surface area contributed by atoms with Gasteiger partial charge < -0.3 is 14.8 Å². The predicted octanol–water partition coefficient (Wildman–Crippen LogP) is 7.09. The Kier molecular flexibility index (Phi) is 8.24. The van der Waals surface area contributed by atoms with Crippen LogP contribution in [0.4, 0.5) is 5.69 Å². The molecule has 168 valence electrons. The van der Waals surface area contributed by atoms with E-state index in [-0.39, 0.29) is 15.6 Å². The minimum Gasteiger partial charge on any atom is -0.493 e. The number of carbonyl (C=O) groups excluding carboxylic acids is 1. The Balaban J connectivity index is 1.83. The molecule has 33 heavy (non-hydrogen) atoms. The van der Waals surface area contributed by atoms with Gasteiger partial charge in [-0.1, -0.05) is 59.1 Å². The molecule has 3 aromatic carbocycles. The molecule has 0 unspecified atom stereocenters. The van der Waals surface area contributed by atoms with Crippen LogP contribution in [-0.2, 0) is 11.4 Å². The lowest BCUT2D eigenvalue weighted by molar-refractivity contribution is -0.112. The number of ether oxygens (including phenoxy) is 2. The fourth-order valence-electron chi connectivity index (χ4n) is 2.97. The second kappa shape index (κ2) is 11.1. The first-order valence-corrected chi connectivity index (χ1v) is 10.9. The van der Waals surface area contributed by atoms with Gasteiger partial charge in [-0.3, -0.25) is 4.79 Å². The van der Waals surface area contributed by atoms with E-state index in [0.717, 1.165) is 11.1 Å². The van der Waals surface area contributed by atoms with Crippen molar-refractivity contribution < 1.29 is 14.3 Å². The largest absolute Gasteiger partial charge is 0.493 e. The summed E-state index contributed by atoms with van der Waals surface area (Å²) in [6.45, 7) is 2.31. The van der Waals surface area contributed by atoms with Crippen molar-refractivity contribution in [1.29, 1.82) is 5.26 Å². The molecule has 0 fully saturated rings. The van der Waals surface area contributed by atoms with Crippen LogP contribution in [0.2, 0.25) is 15.1 Å². The van der Waals surface area contributed by atoms with Gasteiger partial charge in [0, 0.05) is 5.69 Å². The zero-order valence-electron chi connectivity index (χ0n) is 17.8. The molecule has 3 aromatic rings. The standard InChI is InChI=1S/C25H19Cl3N2O3/c1-15-5-3-4-6-17(15)14-33-24-22(28)10-16(11-23(24)32-2)9-18(13-29)25(31)30-19-7-8-20(26)21(27)12-19/h3-12H,14H2,1-2H3,(H,30,31)/b18-9+. The third-order valence-electron chi connectivity index (χ3n) is 4.74. The molecule has 0 atom stereocenters. The lowest BCUT2D eigenvalue weighted by Crippen LogP contribution is -2.13. The molecule has 0 bridgehead atoms. The fourth-order valence-corrected chi connectivity index (χ4v) is 3.54. The highest BCUT2D eigenvalue weighted by Crippen LogP contribution is 2.37. The molecule has 1 N–H and O–H groups in total. The normalized spacial score (nSPS) is 11.0. The molecule has 0 spiro atoms. The number of nitrogens with one attached hydrogen (secondary N) is 1. The Bertz CT molecular complexity index is 1270. The van der Waals surface area contributed by atoms with E-state index in [1.54, 1.807) is 24.3 Å². The Morgan fingerprint density at radius 1 is 1.06 bits per heavy atom. The summed E-state index contributed by atoms with van der Waals surface area (Å²) in [5.74, 6) is 0.147. The molecule has 0 aliphatic rings. The Morgan fingerprint density at radius 2 is 1.82 bits per heavy atom. The summed E-state index contributed by atoms with van der Waals surface area (Å²) in [6.07, 6.45) is 1.41. The summed E-state index contributed by atoms with van der Waals surface area (Å²) in [5, 5.41) is 13.1. The van der Waals surface area contributed by atoms with E-state index in [0.29, 0.717) is 34.4 Å². The number of amides is 1. The third-order valence-corrected chi connectivity index (χ3v) is 5.76. The van der Waals surface area contributed by atoms with Crippen LogP contribution in [0.5, 0.6) is 11.5 Å². The van der Waals surface area contributed by atoms with Crippen molar-refractivity contribution in [1.82, 2.24) is 0 Å². The van der Waals surface area contributed by atoms with E-state index < -0.39 is 5.91 Å². The average Bonchev–Trinajstić information content (AvgIpc) is 2.79. The molecule has 0 aromatic heterocycles. The molecular formula is C25H19Cl3N2O3. The summed E-state index contributed by atoms with van der Waals surface area (Å²) >= 11 is 18.3. The second-order valence-electron chi connectivity index (χ2n) is 7.00. The van der Waals surface area contributed by atoms with E-state index in [2.05, 4.69) is 5.32 Å². The van der Waals surface area contributed by atoms with Crippen LogP contribution in [0.15, 0.2) is 60.2 Å². The van der Waals surface area contributed by atoms with Gasteiger partial charge in [0.15, 0.2) is 11.5 Å². The minimum atomic E-state index is -0.606. The van der Waals surface area contributed by atoms with Gasteiger partial charge in [0.25, 0.3) is 5.91 Å². The van der Waals surface area contributed by atoms with Crippen LogP contribution < -0.4 is 14.8 Å². The lowest BCUT2D eigenvalue weighted by Gasteiger charge is -2.14. The molecule has 0 radical (unpaired) electrons. The Hall–Kier alpha value is -3.17. The minimum absolute atomic E-state index is 0.132. The molecule has 3 rings (SSSR count). The first kappa shape index (κ1) is 24.5. The molecule has 0 saturated carbocycles. The zero-order valence-corrected chi connectivity index (χ0v) is 20.1. The molecule has 8 heteroatoms. The van der Waals surface area contributed by atoms with Gasteiger partial charge in [0.05, 0.1) is 22.2 Å². The maximum Gasteiger partial charge on any atom is 0.266 e. The van der Waals surface area contributed by atoms with Crippen molar-refractivity contribution >= 4 is 52.5 Å². The second-order valence-corrected chi connectivity index (χ2v) is 8.22. The van der Waals surface area contributed by atoms with Gasteiger partial charge in [-0.15, -0.1) is 0 Å². The summed E-state index contributed by atoms with van der Waals surface area (Å²) in [4.78, 5) is 12.6. The van der Waals surface area contributed by atoms with Gasteiger partial charge in [0.1, 0.15) is 18.2 Å². The maximum absolute atomic E-state index is 12.6. The van der Waals surface area contributed by atoms with E-state index in [1.165, 1.54) is 19.3 Å². The third kappa shape index (κ3) is 6.21. The van der Waals surface area contributed by atoms with Crippen molar-refractivity contribution in [3.63, 3.8) is 0 Å². The van der Waals surface area contributed by atoms with Crippen LogP contribution in [-0.4, -0.2) is 13.0 Å². The van der Waals surface area contributed by atoms with Gasteiger partial charge in [-0.2, -0.15) is 5.26 Å². The highest BCUT2D eigenvalue weighted by atomic mass is 35.5. The van der Waals surface area contributed by atoms with Crippen LogP contribution in [0.3, 0.4) is 0 Å². The quantitative estimate of drug-likeness (QED) is 0.277. The number of halogens is 3. The molecule has 0 saturated heterocycles. The van der Waals surface area contributed by atoms with Gasteiger partial charge in [-0.25, -0.2) is 0 Å². The summed E-state index contributed by atoms with van der Waals surface area (Å²) in [6, 6.07) is 17.6. The molecular weight excluding hydrogens is 483 g/mol. The summed E-state index contributed by atoms with van der Waals surface area (Å²) < 4.78 is 11.3.